The monoisotopic (exact) mass is 496 g/mol. The van der Waals surface area contributed by atoms with Crippen LogP contribution in [0, 0.1) is 13.8 Å². The van der Waals surface area contributed by atoms with E-state index in [1.807, 2.05) is 25.1 Å². The Morgan fingerprint density at radius 2 is 1.60 bits per heavy atom. The maximum atomic E-state index is 12.7. The first-order valence-corrected chi connectivity index (χ1v) is 12.0. The molecule has 3 rings (SSSR count). The zero-order valence-corrected chi connectivity index (χ0v) is 21.4. The van der Waals surface area contributed by atoms with E-state index in [1.54, 1.807) is 32.4 Å². The lowest BCUT2D eigenvalue weighted by Crippen LogP contribution is -2.05. The van der Waals surface area contributed by atoms with Crippen LogP contribution >= 0.6 is 11.8 Å². The molecule has 1 aromatic heterocycles. The number of methoxy groups -OCH3 is 2. The number of ether oxygens (including phenoxy) is 2. The first-order chi connectivity index (χ1) is 16.7. The number of tetrazole rings is 1. The molecule has 0 atom stereocenters. The second-order valence-corrected chi connectivity index (χ2v) is 8.68. The molecule has 3 aromatic rings. The molecule has 35 heavy (non-hydrogen) atoms. The number of carbonyl (C=O) groups is 2. The molecule has 1 heterocycles. The molecule has 0 unspecified atom stereocenters. The Morgan fingerprint density at radius 3 is 2.09 bits per heavy atom. The molecule has 0 bridgehead atoms. The molecule has 0 aliphatic carbocycles. The molecule has 0 aliphatic rings. The molecule has 2 aromatic carbocycles. The number of carboxylic acids is 1. The number of nitrogens with zero attached hydrogens (tertiary/aromatic N) is 4. The van der Waals surface area contributed by atoms with E-state index in [2.05, 4.69) is 15.4 Å². The van der Waals surface area contributed by atoms with E-state index >= 15 is 0 Å². The van der Waals surface area contributed by atoms with Crippen LogP contribution in [0.15, 0.2) is 30.3 Å². The van der Waals surface area contributed by atoms with Gasteiger partial charge in [-0.15, -0.1) is 10.2 Å². The fourth-order valence-electron chi connectivity index (χ4n) is 3.99. The van der Waals surface area contributed by atoms with Crippen LogP contribution in [-0.4, -0.2) is 56.9 Å². The van der Waals surface area contributed by atoms with Gasteiger partial charge in [-0.3, -0.25) is 4.79 Å². The van der Waals surface area contributed by atoms with Gasteiger partial charge in [0.05, 0.1) is 26.8 Å². The summed E-state index contributed by atoms with van der Waals surface area (Å²) in [5.74, 6) is 0.352. The molecule has 9 nitrogen and oxygen atoms in total. The van der Waals surface area contributed by atoms with Gasteiger partial charge in [0.15, 0.2) is 5.82 Å². The van der Waals surface area contributed by atoms with E-state index in [1.165, 1.54) is 19.0 Å². The summed E-state index contributed by atoms with van der Waals surface area (Å²) in [6.07, 6.45) is 4.84. The van der Waals surface area contributed by atoms with E-state index in [0.717, 1.165) is 28.5 Å². The van der Waals surface area contributed by atoms with Gasteiger partial charge in [0.25, 0.3) is 0 Å². The number of rotatable bonds is 9. The van der Waals surface area contributed by atoms with Crippen molar-refractivity contribution in [2.45, 2.75) is 26.7 Å². The quantitative estimate of drug-likeness (QED) is 0.467. The predicted molar refractivity (Wildman–Crippen MR) is 134 cm³/mol. The van der Waals surface area contributed by atoms with Gasteiger partial charge in [-0.05, 0) is 83.8 Å². The number of hydrogen-bond acceptors (Lipinski definition) is 8. The summed E-state index contributed by atoms with van der Waals surface area (Å²) in [4.78, 5) is 26.1. The minimum Gasteiger partial charge on any atom is -0.496 e. The molecule has 0 amide bonds. The van der Waals surface area contributed by atoms with E-state index in [4.69, 9.17) is 9.47 Å². The van der Waals surface area contributed by atoms with E-state index < -0.39 is 5.97 Å². The van der Waals surface area contributed by atoms with Crippen LogP contribution in [0.4, 0.5) is 0 Å². The fourth-order valence-corrected chi connectivity index (χ4v) is 4.36. The molecule has 10 heteroatoms. The summed E-state index contributed by atoms with van der Waals surface area (Å²) < 4.78 is 10.9. The number of aromatic nitrogens is 4. The van der Waals surface area contributed by atoms with Crippen molar-refractivity contribution in [2.24, 2.45) is 7.05 Å². The Morgan fingerprint density at radius 1 is 1.03 bits per heavy atom. The van der Waals surface area contributed by atoms with E-state index in [-0.39, 0.29) is 10.7 Å². The highest BCUT2D eigenvalue weighted by molar-refractivity contribution is 8.13. The van der Waals surface area contributed by atoms with Crippen molar-refractivity contribution in [3.05, 3.63) is 69.5 Å². The van der Waals surface area contributed by atoms with Gasteiger partial charge in [0, 0.05) is 6.42 Å². The first-order valence-electron chi connectivity index (χ1n) is 10.8. The summed E-state index contributed by atoms with van der Waals surface area (Å²) in [7, 11) is 4.69. The Labute approximate surface area is 208 Å². The number of aromatic carboxylic acids is 1. The average molecular weight is 497 g/mol. The second kappa shape index (κ2) is 11.2. The Hall–Kier alpha value is -3.66. The van der Waals surface area contributed by atoms with Crippen molar-refractivity contribution >= 4 is 28.4 Å². The van der Waals surface area contributed by atoms with Crippen LogP contribution in [0.25, 0.3) is 5.57 Å². The summed E-state index contributed by atoms with van der Waals surface area (Å²) in [5, 5.41) is 21.8. The van der Waals surface area contributed by atoms with Crippen molar-refractivity contribution < 1.29 is 24.2 Å². The fraction of sp³-hybridized carbons (Fsp3) is 0.320. The van der Waals surface area contributed by atoms with Gasteiger partial charge < -0.3 is 14.6 Å². The normalized spacial score (nSPS) is 11.4. The lowest BCUT2D eigenvalue weighted by Gasteiger charge is -2.17. The predicted octanol–water partition coefficient (Wildman–Crippen LogP) is 4.11. The largest absolute Gasteiger partial charge is 0.496 e. The van der Waals surface area contributed by atoms with E-state index in [9.17, 15) is 14.7 Å². The molecule has 1 N–H and O–H groups in total. The highest BCUT2D eigenvalue weighted by Gasteiger charge is 2.20. The number of allylic oxidation sites excluding steroid dienone is 1. The summed E-state index contributed by atoms with van der Waals surface area (Å²) in [5.41, 5.74) is 4.26. The average Bonchev–Trinajstić information content (AvgIpc) is 3.25. The summed E-state index contributed by atoms with van der Waals surface area (Å²) in [6.45, 7) is 3.68. The molecule has 184 valence electrons. The lowest BCUT2D eigenvalue weighted by molar-refractivity contribution is 0.0693. The number of carbonyl (C=O) groups excluding carboxylic acids is 1. The zero-order valence-electron chi connectivity index (χ0n) is 20.6. The maximum absolute atomic E-state index is 12.7. The second-order valence-electron chi connectivity index (χ2n) is 7.90. The van der Waals surface area contributed by atoms with Crippen LogP contribution in [0.3, 0.4) is 0 Å². The number of aryl methyl sites for hydroxylation is 4. The Kier molecular flexibility index (Phi) is 8.29. The third-order valence-corrected chi connectivity index (χ3v) is 6.07. The number of thioether (sulfide) groups is 1. The van der Waals surface area contributed by atoms with Crippen LogP contribution in [0.5, 0.6) is 11.5 Å². The van der Waals surface area contributed by atoms with Crippen molar-refractivity contribution in [3.63, 3.8) is 0 Å². The standard InChI is InChI=1S/C25H28N4O5S/c1-14-10-16(12-19(24(30)31)22(14)33-4)18(8-7-9-21-26-28-29(3)27-21)17-11-15(2)23(34-5)20(13-17)25(32)35-6/h8,10-13H,7,9H2,1-6H3,(H,30,31). The van der Waals surface area contributed by atoms with Gasteiger partial charge in [0.2, 0.25) is 5.12 Å². The van der Waals surface area contributed by atoms with Crippen molar-refractivity contribution in [3.8, 4) is 11.5 Å². The SMILES string of the molecule is COc1c(C)cc(C(=CCCc2nnn(C)n2)c2cc(C)c(OC)c(C(=O)SC)c2)cc1C(=O)O. The minimum atomic E-state index is -1.08. The Balaban J connectivity index is 2.20. The van der Waals surface area contributed by atoms with Gasteiger partial charge in [0.1, 0.15) is 17.1 Å². The van der Waals surface area contributed by atoms with Crippen LogP contribution in [0.1, 0.15) is 55.2 Å². The van der Waals surface area contributed by atoms with Gasteiger partial charge in [-0.1, -0.05) is 17.8 Å². The molecule has 0 saturated carbocycles. The van der Waals surface area contributed by atoms with Crippen molar-refractivity contribution in [1.82, 2.24) is 20.2 Å². The molecule has 0 radical (unpaired) electrons. The van der Waals surface area contributed by atoms with Crippen molar-refractivity contribution in [1.29, 1.82) is 0 Å². The minimum absolute atomic E-state index is 0.0645. The summed E-state index contributed by atoms with van der Waals surface area (Å²) >= 11 is 1.11. The third-order valence-electron chi connectivity index (χ3n) is 5.48. The molecule has 0 spiro atoms. The number of benzene rings is 2. The number of carboxylic acid groups (broad SMARTS) is 1. The molecular weight excluding hydrogens is 468 g/mol. The van der Waals surface area contributed by atoms with Gasteiger partial charge >= 0.3 is 5.97 Å². The van der Waals surface area contributed by atoms with Crippen LogP contribution in [-0.2, 0) is 13.5 Å². The zero-order chi connectivity index (χ0) is 25.7. The Bertz CT molecular complexity index is 1300. The first kappa shape index (κ1) is 26.0. The molecule has 0 saturated heterocycles. The highest BCUT2D eigenvalue weighted by Crippen LogP contribution is 2.36. The third kappa shape index (κ3) is 5.71. The topological polar surface area (TPSA) is 116 Å². The van der Waals surface area contributed by atoms with E-state index in [0.29, 0.717) is 46.9 Å². The van der Waals surface area contributed by atoms with Gasteiger partial charge in [-0.25, -0.2) is 4.79 Å². The number of hydrogen-bond donors (Lipinski definition) is 1. The molecule has 0 aliphatic heterocycles. The molecular formula is C25H28N4O5S. The smallest absolute Gasteiger partial charge is 0.339 e. The van der Waals surface area contributed by atoms with Crippen LogP contribution < -0.4 is 9.47 Å². The van der Waals surface area contributed by atoms with Gasteiger partial charge in [-0.2, -0.15) is 4.80 Å². The lowest BCUT2D eigenvalue weighted by atomic mass is 9.91. The highest BCUT2D eigenvalue weighted by atomic mass is 32.2. The van der Waals surface area contributed by atoms with Crippen molar-refractivity contribution in [2.75, 3.05) is 20.5 Å². The maximum Gasteiger partial charge on any atom is 0.339 e. The van der Waals surface area contributed by atoms with Crippen LogP contribution in [0.2, 0.25) is 0 Å². The molecule has 0 fully saturated rings. The summed E-state index contributed by atoms with van der Waals surface area (Å²) in [6, 6.07) is 7.20.